The van der Waals surface area contributed by atoms with E-state index in [1.54, 1.807) is 0 Å². The van der Waals surface area contributed by atoms with Gasteiger partial charge in [-0.1, -0.05) is 20.8 Å². The zero-order chi connectivity index (χ0) is 10.7. The molecule has 1 fully saturated rings. The van der Waals surface area contributed by atoms with Crippen LogP contribution in [0.3, 0.4) is 0 Å². The fraction of sp³-hybridized carbons (Fsp3) is 0.900. The minimum absolute atomic E-state index is 0.0673. The van der Waals surface area contributed by atoms with Gasteiger partial charge in [-0.15, -0.1) is 0 Å². The lowest BCUT2D eigenvalue weighted by Crippen LogP contribution is -2.49. The van der Waals surface area contributed by atoms with Gasteiger partial charge >= 0.3 is 0 Å². The molecule has 1 saturated heterocycles. The molecule has 1 aliphatic rings. The van der Waals surface area contributed by atoms with Crippen molar-refractivity contribution in [3.05, 3.63) is 0 Å². The summed E-state index contributed by atoms with van der Waals surface area (Å²) in [7, 11) is 0. The van der Waals surface area contributed by atoms with E-state index in [4.69, 9.17) is 10.5 Å². The van der Waals surface area contributed by atoms with Crippen LogP contribution >= 0.6 is 0 Å². The van der Waals surface area contributed by atoms with Gasteiger partial charge in [-0.2, -0.15) is 0 Å². The average molecular weight is 200 g/mol. The number of rotatable bonds is 3. The fourth-order valence-corrected chi connectivity index (χ4v) is 1.43. The molecular formula is C10H20N2O2. The molecule has 14 heavy (non-hydrogen) atoms. The van der Waals surface area contributed by atoms with Crippen LogP contribution in [-0.2, 0) is 9.53 Å². The Bertz CT molecular complexity index is 206. The molecule has 4 nitrogen and oxygen atoms in total. The van der Waals surface area contributed by atoms with Crippen LogP contribution in [0.25, 0.3) is 0 Å². The predicted molar refractivity (Wildman–Crippen MR) is 54.7 cm³/mol. The van der Waals surface area contributed by atoms with Gasteiger partial charge in [0.05, 0.1) is 25.3 Å². The maximum Gasteiger partial charge on any atom is 0.237 e. The normalized spacial score (nSPS) is 29.2. The molecule has 0 aromatic carbocycles. The Labute approximate surface area is 85.2 Å². The molecule has 0 aliphatic carbocycles. The molecule has 0 aromatic heterocycles. The highest BCUT2D eigenvalue weighted by Gasteiger charge is 2.28. The molecule has 3 atom stereocenters. The number of carbonyl (C=O) groups is 1. The van der Waals surface area contributed by atoms with E-state index in [9.17, 15) is 4.79 Å². The molecule has 0 bridgehead atoms. The third-order valence-corrected chi connectivity index (χ3v) is 2.71. The second-order valence-electron chi connectivity index (χ2n) is 4.40. The van der Waals surface area contributed by atoms with E-state index in [0.29, 0.717) is 12.5 Å². The van der Waals surface area contributed by atoms with Crippen LogP contribution in [0.15, 0.2) is 0 Å². The van der Waals surface area contributed by atoms with E-state index in [1.165, 1.54) is 0 Å². The van der Waals surface area contributed by atoms with Gasteiger partial charge in [0.25, 0.3) is 0 Å². The smallest absolute Gasteiger partial charge is 0.237 e. The first-order chi connectivity index (χ1) is 6.52. The number of nitrogens with two attached hydrogens (primary N) is 1. The van der Waals surface area contributed by atoms with Crippen molar-refractivity contribution < 1.29 is 9.53 Å². The van der Waals surface area contributed by atoms with E-state index in [1.807, 2.05) is 13.8 Å². The lowest BCUT2D eigenvalue weighted by molar-refractivity contribution is -0.124. The Morgan fingerprint density at radius 2 is 2.14 bits per heavy atom. The molecule has 82 valence electrons. The molecule has 1 amide bonds. The predicted octanol–water partition coefficient (Wildman–Crippen LogP) is 0.121. The van der Waals surface area contributed by atoms with Gasteiger partial charge in [-0.05, 0) is 5.92 Å². The fourth-order valence-electron chi connectivity index (χ4n) is 1.43. The van der Waals surface area contributed by atoms with Crippen LogP contribution in [0.2, 0.25) is 0 Å². The number of hydrogen-bond acceptors (Lipinski definition) is 3. The number of nitrogens with one attached hydrogen (secondary N) is 1. The SMILES string of the molecule is CC1COCC1NC(=O)[C@@H](N)C(C)C. The van der Waals surface area contributed by atoms with Crippen molar-refractivity contribution in [2.24, 2.45) is 17.6 Å². The molecule has 0 spiro atoms. The average Bonchev–Trinajstić information content (AvgIpc) is 2.50. The summed E-state index contributed by atoms with van der Waals surface area (Å²) in [6, 6.07) is -0.282. The Morgan fingerprint density at radius 3 is 2.57 bits per heavy atom. The van der Waals surface area contributed by atoms with Crippen LogP contribution in [-0.4, -0.2) is 31.2 Å². The second-order valence-corrected chi connectivity index (χ2v) is 4.40. The monoisotopic (exact) mass is 200 g/mol. The Kier molecular flexibility index (Phi) is 3.89. The van der Waals surface area contributed by atoms with Crippen LogP contribution in [0.4, 0.5) is 0 Å². The molecule has 1 aliphatic heterocycles. The molecule has 4 heteroatoms. The van der Waals surface area contributed by atoms with E-state index in [2.05, 4.69) is 12.2 Å². The van der Waals surface area contributed by atoms with Gasteiger partial charge in [0, 0.05) is 5.92 Å². The maximum atomic E-state index is 11.6. The summed E-state index contributed by atoms with van der Waals surface area (Å²) in [6.45, 7) is 7.29. The van der Waals surface area contributed by atoms with Crippen molar-refractivity contribution in [3.8, 4) is 0 Å². The highest BCUT2D eigenvalue weighted by atomic mass is 16.5. The van der Waals surface area contributed by atoms with Crippen molar-refractivity contribution in [1.82, 2.24) is 5.32 Å². The summed E-state index contributed by atoms with van der Waals surface area (Å²) in [5.74, 6) is 0.494. The quantitative estimate of drug-likeness (QED) is 0.680. The standard InChI is InChI=1S/C10H20N2O2/c1-6(2)9(11)10(13)12-8-5-14-4-7(8)3/h6-9H,4-5,11H2,1-3H3,(H,12,13)/t7?,8?,9-/m0/s1. The van der Waals surface area contributed by atoms with Crippen molar-refractivity contribution >= 4 is 5.91 Å². The molecule has 1 rings (SSSR count). The van der Waals surface area contributed by atoms with E-state index < -0.39 is 6.04 Å². The molecule has 3 N–H and O–H groups in total. The van der Waals surface area contributed by atoms with E-state index in [-0.39, 0.29) is 17.9 Å². The summed E-state index contributed by atoms with van der Waals surface area (Å²) < 4.78 is 5.25. The zero-order valence-electron chi connectivity index (χ0n) is 9.12. The van der Waals surface area contributed by atoms with Crippen LogP contribution in [0.5, 0.6) is 0 Å². The molecule has 2 unspecified atom stereocenters. The molecular weight excluding hydrogens is 180 g/mol. The number of carbonyl (C=O) groups excluding carboxylic acids is 1. The summed E-state index contributed by atoms with van der Waals surface area (Å²) in [4.78, 5) is 11.6. The lowest BCUT2D eigenvalue weighted by atomic mass is 10.0. The van der Waals surface area contributed by atoms with Gasteiger partial charge in [0.1, 0.15) is 0 Å². The Balaban J connectivity index is 2.40. The van der Waals surface area contributed by atoms with E-state index in [0.717, 1.165) is 6.61 Å². The first kappa shape index (κ1) is 11.5. The minimum Gasteiger partial charge on any atom is -0.379 e. The third kappa shape index (κ3) is 2.69. The Hall–Kier alpha value is -0.610. The summed E-state index contributed by atoms with van der Waals surface area (Å²) in [5.41, 5.74) is 5.73. The van der Waals surface area contributed by atoms with E-state index >= 15 is 0 Å². The molecule has 1 heterocycles. The molecule has 0 aromatic rings. The number of amides is 1. The summed E-state index contributed by atoms with van der Waals surface area (Å²) in [6.07, 6.45) is 0. The van der Waals surface area contributed by atoms with Crippen LogP contribution < -0.4 is 11.1 Å². The van der Waals surface area contributed by atoms with Crippen molar-refractivity contribution in [1.29, 1.82) is 0 Å². The third-order valence-electron chi connectivity index (χ3n) is 2.71. The maximum absolute atomic E-state index is 11.6. The number of ether oxygens (including phenoxy) is 1. The van der Waals surface area contributed by atoms with Crippen molar-refractivity contribution in [2.75, 3.05) is 13.2 Å². The molecule has 0 radical (unpaired) electrons. The zero-order valence-corrected chi connectivity index (χ0v) is 9.12. The minimum atomic E-state index is -0.414. The first-order valence-corrected chi connectivity index (χ1v) is 5.16. The van der Waals surface area contributed by atoms with Crippen LogP contribution in [0.1, 0.15) is 20.8 Å². The Morgan fingerprint density at radius 1 is 1.50 bits per heavy atom. The van der Waals surface area contributed by atoms with Gasteiger partial charge in [-0.25, -0.2) is 0 Å². The van der Waals surface area contributed by atoms with Crippen molar-refractivity contribution in [3.63, 3.8) is 0 Å². The van der Waals surface area contributed by atoms with Gasteiger partial charge < -0.3 is 15.8 Å². The summed E-state index contributed by atoms with van der Waals surface area (Å²) in [5, 5.41) is 2.92. The molecule has 0 saturated carbocycles. The summed E-state index contributed by atoms with van der Waals surface area (Å²) >= 11 is 0. The largest absolute Gasteiger partial charge is 0.379 e. The highest BCUT2D eigenvalue weighted by Crippen LogP contribution is 2.12. The second kappa shape index (κ2) is 4.75. The first-order valence-electron chi connectivity index (χ1n) is 5.16. The van der Waals surface area contributed by atoms with Crippen LogP contribution in [0, 0.1) is 11.8 Å². The van der Waals surface area contributed by atoms with Gasteiger partial charge in [0.2, 0.25) is 5.91 Å². The lowest BCUT2D eigenvalue weighted by Gasteiger charge is -2.20. The topological polar surface area (TPSA) is 64.3 Å². The van der Waals surface area contributed by atoms with Crippen molar-refractivity contribution in [2.45, 2.75) is 32.9 Å². The number of hydrogen-bond donors (Lipinski definition) is 2. The van der Waals surface area contributed by atoms with Gasteiger partial charge in [-0.3, -0.25) is 4.79 Å². The highest BCUT2D eigenvalue weighted by molar-refractivity contribution is 5.82. The van der Waals surface area contributed by atoms with Gasteiger partial charge in [0.15, 0.2) is 0 Å².